The van der Waals surface area contributed by atoms with E-state index < -0.39 is 0 Å². The summed E-state index contributed by atoms with van der Waals surface area (Å²) in [6, 6.07) is 3.86. The molecular formula is C11H15ClN2O. The molecule has 0 saturated heterocycles. The predicted octanol–water partition coefficient (Wildman–Crippen LogP) is 2.03. The molecule has 0 bridgehead atoms. The van der Waals surface area contributed by atoms with Gasteiger partial charge in [0.05, 0.1) is 12.2 Å². The first-order chi connectivity index (χ1) is 7.24. The summed E-state index contributed by atoms with van der Waals surface area (Å²) >= 11 is 5.50. The first kappa shape index (κ1) is 12.0. The second-order valence-corrected chi connectivity index (χ2v) is 3.71. The van der Waals surface area contributed by atoms with Crippen LogP contribution in [0.1, 0.15) is 24.1 Å². The predicted molar refractivity (Wildman–Crippen MR) is 60.8 cm³/mol. The quantitative estimate of drug-likeness (QED) is 0.781. The van der Waals surface area contributed by atoms with Gasteiger partial charge in [0.15, 0.2) is 0 Å². The molecule has 0 spiro atoms. The minimum absolute atomic E-state index is 0.0284. The number of alkyl halides is 1. The van der Waals surface area contributed by atoms with Gasteiger partial charge in [0.1, 0.15) is 0 Å². The molecule has 1 aromatic rings. The van der Waals surface area contributed by atoms with Gasteiger partial charge in [0.25, 0.3) is 0 Å². The van der Waals surface area contributed by atoms with Gasteiger partial charge in [-0.05, 0) is 25.0 Å². The zero-order valence-corrected chi connectivity index (χ0v) is 9.55. The van der Waals surface area contributed by atoms with E-state index in [0.29, 0.717) is 25.3 Å². The van der Waals surface area contributed by atoms with Gasteiger partial charge in [-0.25, -0.2) is 0 Å². The van der Waals surface area contributed by atoms with Gasteiger partial charge >= 0.3 is 0 Å². The fraction of sp³-hybridized carbons (Fsp3) is 0.455. The summed E-state index contributed by atoms with van der Waals surface area (Å²) in [4.78, 5) is 15.5. The number of carbonyl (C=O) groups excluding carboxylic acids is 1. The highest BCUT2D eigenvalue weighted by Gasteiger charge is 2.02. The molecule has 0 aliphatic heterocycles. The van der Waals surface area contributed by atoms with Crippen LogP contribution >= 0.6 is 11.6 Å². The molecule has 0 unspecified atom stereocenters. The van der Waals surface area contributed by atoms with Gasteiger partial charge in [-0.1, -0.05) is 6.07 Å². The first-order valence-electron chi connectivity index (χ1n) is 4.97. The van der Waals surface area contributed by atoms with E-state index >= 15 is 0 Å². The second kappa shape index (κ2) is 6.40. The number of hydrogen-bond donors (Lipinski definition) is 1. The number of amides is 1. The molecule has 0 aliphatic carbocycles. The Bertz CT molecular complexity index is 328. The van der Waals surface area contributed by atoms with E-state index in [2.05, 4.69) is 10.3 Å². The van der Waals surface area contributed by atoms with Crippen LogP contribution in [0.5, 0.6) is 0 Å². The molecule has 0 fully saturated rings. The van der Waals surface area contributed by atoms with Crippen molar-refractivity contribution in [2.45, 2.75) is 26.3 Å². The van der Waals surface area contributed by atoms with E-state index in [9.17, 15) is 4.79 Å². The van der Waals surface area contributed by atoms with Crippen molar-refractivity contribution in [1.82, 2.24) is 10.3 Å². The van der Waals surface area contributed by atoms with Crippen molar-refractivity contribution in [2.75, 3.05) is 5.88 Å². The normalized spacial score (nSPS) is 10.0. The number of aryl methyl sites for hydroxylation is 1. The van der Waals surface area contributed by atoms with E-state index in [0.717, 1.165) is 11.3 Å². The fourth-order valence-electron chi connectivity index (χ4n) is 1.20. The highest BCUT2D eigenvalue weighted by Crippen LogP contribution is 2.02. The Labute approximate surface area is 94.9 Å². The van der Waals surface area contributed by atoms with Crippen molar-refractivity contribution < 1.29 is 4.79 Å². The number of hydrogen-bond acceptors (Lipinski definition) is 2. The van der Waals surface area contributed by atoms with Crippen LogP contribution in [0.2, 0.25) is 0 Å². The average Bonchev–Trinajstić information content (AvgIpc) is 2.25. The molecule has 1 heterocycles. The van der Waals surface area contributed by atoms with Crippen LogP contribution in [0, 0.1) is 6.92 Å². The Morgan fingerprint density at radius 1 is 1.60 bits per heavy atom. The van der Waals surface area contributed by atoms with Crippen LogP contribution in [-0.2, 0) is 11.3 Å². The minimum Gasteiger partial charge on any atom is -0.350 e. The maximum Gasteiger partial charge on any atom is 0.220 e. The maximum atomic E-state index is 11.3. The SMILES string of the molecule is Cc1cccnc1CNC(=O)CCCCl. The lowest BCUT2D eigenvalue weighted by Gasteiger charge is -2.06. The van der Waals surface area contributed by atoms with Crippen molar-refractivity contribution in [3.8, 4) is 0 Å². The van der Waals surface area contributed by atoms with Crippen molar-refractivity contribution in [2.24, 2.45) is 0 Å². The number of rotatable bonds is 5. The standard InChI is InChI=1S/C11H15ClN2O/c1-9-4-3-7-13-10(9)8-14-11(15)5-2-6-12/h3-4,7H,2,5-6,8H2,1H3,(H,14,15). The number of aromatic nitrogens is 1. The molecule has 1 aromatic heterocycles. The van der Waals surface area contributed by atoms with Crippen LogP contribution in [0.4, 0.5) is 0 Å². The molecule has 1 rings (SSSR count). The third-order valence-corrected chi connectivity index (χ3v) is 2.38. The zero-order valence-electron chi connectivity index (χ0n) is 8.79. The Morgan fingerprint density at radius 2 is 2.40 bits per heavy atom. The molecular weight excluding hydrogens is 212 g/mol. The van der Waals surface area contributed by atoms with Crippen LogP contribution in [-0.4, -0.2) is 16.8 Å². The monoisotopic (exact) mass is 226 g/mol. The Morgan fingerprint density at radius 3 is 3.07 bits per heavy atom. The highest BCUT2D eigenvalue weighted by atomic mass is 35.5. The third kappa shape index (κ3) is 4.30. The molecule has 0 aliphatic rings. The number of nitrogens with one attached hydrogen (secondary N) is 1. The highest BCUT2D eigenvalue weighted by molar-refractivity contribution is 6.17. The third-order valence-electron chi connectivity index (χ3n) is 2.11. The summed E-state index contributed by atoms with van der Waals surface area (Å²) in [5.74, 6) is 0.552. The number of pyridine rings is 1. The summed E-state index contributed by atoms with van der Waals surface area (Å²) in [5.41, 5.74) is 2.01. The lowest BCUT2D eigenvalue weighted by molar-refractivity contribution is -0.121. The van der Waals surface area contributed by atoms with Crippen molar-refractivity contribution in [3.63, 3.8) is 0 Å². The molecule has 0 aromatic carbocycles. The molecule has 1 N–H and O–H groups in total. The summed E-state index contributed by atoms with van der Waals surface area (Å²) < 4.78 is 0. The lowest BCUT2D eigenvalue weighted by Crippen LogP contribution is -2.23. The zero-order chi connectivity index (χ0) is 11.1. The molecule has 0 radical (unpaired) electrons. The summed E-state index contributed by atoms with van der Waals surface area (Å²) in [7, 11) is 0. The maximum absolute atomic E-state index is 11.3. The van der Waals surface area contributed by atoms with E-state index in [4.69, 9.17) is 11.6 Å². The van der Waals surface area contributed by atoms with Crippen LogP contribution in [0.25, 0.3) is 0 Å². The smallest absolute Gasteiger partial charge is 0.220 e. The van der Waals surface area contributed by atoms with Crippen molar-refractivity contribution in [3.05, 3.63) is 29.6 Å². The number of halogens is 1. The van der Waals surface area contributed by atoms with Gasteiger partial charge in [0.2, 0.25) is 5.91 Å². The van der Waals surface area contributed by atoms with Crippen LogP contribution in [0.15, 0.2) is 18.3 Å². The van der Waals surface area contributed by atoms with E-state index in [1.807, 2.05) is 19.1 Å². The summed E-state index contributed by atoms with van der Waals surface area (Å²) in [6.07, 6.45) is 2.93. The van der Waals surface area contributed by atoms with Gasteiger partial charge < -0.3 is 5.32 Å². The van der Waals surface area contributed by atoms with E-state index in [-0.39, 0.29) is 5.91 Å². The number of carbonyl (C=O) groups is 1. The van der Waals surface area contributed by atoms with E-state index in [1.165, 1.54) is 0 Å². The largest absolute Gasteiger partial charge is 0.350 e. The van der Waals surface area contributed by atoms with Gasteiger partial charge in [-0.3, -0.25) is 9.78 Å². The molecule has 0 saturated carbocycles. The van der Waals surface area contributed by atoms with E-state index in [1.54, 1.807) is 6.20 Å². The molecule has 1 amide bonds. The molecule has 82 valence electrons. The van der Waals surface area contributed by atoms with Crippen molar-refractivity contribution in [1.29, 1.82) is 0 Å². The Hall–Kier alpha value is -1.09. The minimum atomic E-state index is 0.0284. The fourth-order valence-corrected chi connectivity index (χ4v) is 1.34. The second-order valence-electron chi connectivity index (χ2n) is 3.34. The molecule has 0 atom stereocenters. The van der Waals surface area contributed by atoms with Gasteiger partial charge in [-0.2, -0.15) is 0 Å². The number of nitrogens with zero attached hydrogens (tertiary/aromatic N) is 1. The summed E-state index contributed by atoms with van der Waals surface area (Å²) in [5, 5.41) is 2.81. The average molecular weight is 227 g/mol. The van der Waals surface area contributed by atoms with Crippen LogP contribution in [0.3, 0.4) is 0 Å². The lowest BCUT2D eigenvalue weighted by atomic mass is 10.2. The summed E-state index contributed by atoms with van der Waals surface area (Å²) in [6.45, 7) is 2.47. The van der Waals surface area contributed by atoms with Crippen molar-refractivity contribution >= 4 is 17.5 Å². The molecule has 4 heteroatoms. The molecule has 3 nitrogen and oxygen atoms in total. The topological polar surface area (TPSA) is 42.0 Å². The first-order valence-corrected chi connectivity index (χ1v) is 5.50. The van der Waals surface area contributed by atoms with Crippen LogP contribution < -0.4 is 5.32 Å². The van der Waals surface area contributed by atoms with Gasteiger partial charge in [0, 0.05) is 18.5 Å². The molecule has 15 heavy (non-hydrogen) atoms. The Kier molecular flexibility index (Phi) is 5.12. The van der Waals surface area contributed by atoms with Gasteiger partial charge in [-0.15, -0.1) is 11.6 Å². The Balaban J connectivity index is 2.37.